The minimum atomic E-state index is -1.47. The molecule has 20 nitrogen and oxygen atoms in total. The van der Waals surface area contributed by atoms with E-state index in [0.29, 0.717) is 57.6 Å². The van der Waals surface area contributed by atoms with Crippen molar-refractivity contribution in [2.24, 2.45) is 11.8 Å². The highest BCUT2D eigenvalue weighted by molar-refractivity contribution is 7.15. The second-order valence-electron chi connectivity index (χ2n) is 37.4. The average Bonchev–Trinajstić information content (AvgIpc) is 0.746. The van der Waals surface area contributed by atoms with Gasteiger partial charge in [0, 0.05) is 105 Å². The van der Waals surface area contributed by atoms with Crippen molar-refractivity contribution < 1.29 is 66.8 Å². The number of ether oxygens (including phenoxy) is 6. The maximum atomic E-state index is 17.1. The fourth-order valence-corrected chi connectivity index (χ4v) is 17.7. The summed E-state index contributed by atoms with van der Waals surface area (Å²) in [5.74, 6) is -3.91. The van der Waals surface area contributed by atoms with E-state index >= 15 is 28.8 Å². The summed E-state index contributed by atoms with van der Waals surface area (Å²) in [5, 5.41) is 12.0. The van der Waals surface area contributed by atoms with Gasteiger partial charge >= 0.3 is 0 Å². The maximum absolute atomic E-state index is 17.1. The van der Waals surface area contributed by atoms with Gasteiger partial charge < -0.3 is 48.9 Å². The molecule has 4 heterocycles. The molecule has 648 valence electrons. The van der Waals surface area contributed by atoms with E-state index in [0.717, 1.165) is 32.1 Å². The van der Waals surface area contributed by atoms with E-state index in [9.17, 15) is 9.59 Å². The number of benzene rings is 9. The van der Waals surface area contributed by atoms with Gasteiger partial charge in [0.2, 0.25) is 0 Å². The zero-order valence-electron chi connectivity index (χ0n) is 75.0. The smallest absolute Gasteiger partial charge is 0.262 e. The van der Waals surface area contributed by atoms with Crippen LogP contribution < -0.4 is 39.4 Å². The molecular weight excluding hydrogens is 1600 g/mol. The quantitative estimate of drug-likeness (QED) is 0.0131. The monoisotopic (exact) mass is 1710 g/mol. The van der Waals surface area contributed by atoms with Gasteiger partial charge in [0.1, 0.15) is 58.1 Å². The lowest BCUT2D eigenvalue weighted by atomic mass is 9.80. The molecule has 22 heteroatoms. The first-order chi connectivity index (χ1) is 58.6. The van der Waals surface area contributed by atoms with Crippen LogP contribution >= 0.6 is 22.7 Å². The molecule has 124 heavy (non-hydrogen) atoms. The molecule has 0 spiro atoms. The van der Waals surface area contributed by atoms with Gasteiger partial charge in [-0.1, -0.05) is 172 Å². The minimum absolute atomic E-state index is 0.0200. The van der Waals surface area contributed by atoms with Crippen molar-refractivity contribution in [3.8, 4) is 46.0 Å². The highest BCUT2D eigenvalue weighted by atomic mass is 32.1. The van der Waals surface area contributed by atoms with E-state index in [1.165, 1.54) is 22.7 Å². The molecule has 0 saturated heterocycles. The molecule has 0 saturated carbocycles. The Balaban J connectivity index is 1.18. The van der Waals surface area contributed by atoms with Crippen LogP contribution in [0.4, 0.5) is 21.4 Å². The highest BCUT2D eigenvalue weighted by Crippen LogP contribution is 2.59. The second-order valence-corrected chi connectivity index (χ2v) is 39.1. The molecule has 2 aromatic heterocycles. The number of rotatable bonds is 32. The van der Waals surface area contributed by atoms with Crippen molar-refractivity contribution in [1.29, 1.82) is 0 Å². The lowest BCUT2D eigenvalue weighted by Crippen LogP contribution is -2.55. The maximum Gasteiger partial charge on any atom is 0.262 e. The van der Waals surface area contributed by atoms with Crippen molar-refractivity contribution in [3.63, 3.8) is 0 Å². The molecule has 2 N–H and O–H groups in total. The van der Waals surface area contributed by atoms with Gasteiger partial charge in [0.05, 0.1) is 43.6 Å². The molecule has 0 aliphatic carbocycles. The zero-order valence-corrected chi connectivity index (χ0v) is 76.6. The summed E-state index contributed by atoms with van der Waals surface area (Å²) >= 11 is 2.45. The third-order valence-corrected chi connectivity index (χ3v) is 24.4. The molecular formula is C102H114N6O14S2. The van der Waals surface area contributed by atoms with Crippen LogP contribution in [0.15, 0.2) is 169 Å². The zero-order chi connectivity index (χ0) is 89.7. The molecule has 0 radical (unpaired) electrons. The van der Waals surface area contributed by atoms with Gasteiger partial charge in [-0.3, -0.25) is 48.2 Å². The van der Waals surface area contributed by atoms with Gasteiger partial charge in [0.15, 0.2) is 0 Å². The Bertz CT molecular complexity index is 5380. The van der Waals surface area contributed by atoms with Crippen LogP contribution in [0.3, 0.4) is 0 Å². The summed E-state index contributed by atoms with van der Waals surface area (Å²) in [6.07, 6.45) is 0.412. The minimum Gasteiger partial charge on any atom is -0.457 e. The number of carbonyl (C=O) groups is 8. The Hall–Kier alpha value is -11.6. The predicted octanol–water partition coefficient (Wildman–Crippen LogP) is 24.2. The SMILES string of the molecule is C=C(C)C(=O)Nc1csc(N(CC(C)C)C(=O)C(CCCOCC)N2C(=O)c3cc(Oc4ccc(C(C)(C)C)cc4)c4c5c(Oc6ccc(C(C)(C)C)cc6)cc6c7c(cc(Oc8ccc(C(C)(C)C)cc8)c(c8c(Oc9ccc(C(C)(C)C)cc9)cc(c3c48)C2=O)c75)C(=O)N(C(CCCOCC)C(=O)N(CC(C)C)c2cc(NC(=O)C(=C)C)cs2)C6=O)c1. The van der Waals surface area contributed by atoms with Crippen molar-refractivity contribution in [2.75, 3.05) is 60.0 Å². The van der Waals surface area contributed by atoms with Crippen molar-refractivity contribution in [3.05, 3.63) is 213 Å². The van der Waals surface area contributed by atoms with Gasteiger partial charge in [-0.05, 0) is 194 Å². The highest BCUT2D eigenvalue weighted by Gasteiger charge is 2.48. The number of thiophene rings is 2. The van der Waals surface area contributed by atoms with Gasteiger partial charge in [-0.25, -0.2) is 0 Å². The standard InChI is InChI=1S/C102H114N6O14S2/c1-23-117-45-25-27-75(97(115)105(53-57(3)4)81-47-65(55-123-81)103-91(109)59(7)8)107-93(111)71-49-77(119-67-37-29-61(30-38-67)99(11,12)13)85-87-79(121-69-41-33-63(34-42-69)101(17,18)19)51-73-84-74(96(114)108(95(73)113)76(28-26-46-118-24-2)98(116)106(54-58(5)6)82-48-66(56-124-82)104-92(110)60(9)10)52-80(122-70-43-35-64(36-44-70)102(20,21)22)88(90(84)87)86-78(50-72(94(107)112)83(71)89(85)86)120-68-39-31-62(32-40-68)100(14,15)16/h29-44,47-52,55-58,75-76H,7,9,23-28,45-46,53-54H2,1-6,8,10-22H3,(H,103,109)(H,104,110). The topological polar surface area (TPSA) is 229 Å². The first-order valence-electron chi connectivity index (χ1n) is 42.7. The largest absolute Gasteiger partial charge is 0.457 e. The van der Waals surface area contributed by atoms with Crippen molar-refractivity contribution in [2.45, 2.75) is 198 Å². The number of carbonyl (C=O) groups excluding carboxylic acids is 8. The molecule has 2 unspecified atom stereocenters. The van der Waals surface area contributed by atoms with Crippen LogP contribution in [0.5, 0.6) is 46.0 Å². The molecule has 9 aromatic carbocycles. The van der Waals surface area contributed by atoms with Crippen LogP contribution in [-0.2, 0) is 50.3 Å². The number of fused-ring (bicyclic) bond motifs is 2. The Morgan fingerprint density at radius 1 is 0.395 bits per heavy atom. The summed E-state index contributed by atoms with van der Waals surface area (Å²) < 4.78 is 41.9. The first-order valence-corrected chi connectivity index (χ1v) is 44.5. The molecule has 2 aliphatic rings. The second kappa shape index (κ2) is 36.0. The molecule has 0 fully saturated rings. The van der Waals surface area contributed by atoms with Crippen LogP contribution in [0, 0.1) is 11.8 Å². The van der Waals surface area contributed by atoms with E-state index in [4.69, 9.17) is 28.4 Å². The van der Waals surface area contributed by atoms with Crippen molar-refractivity contribution in [1.82, 2.24) is 9.80 Å². The number of anilines is 4. The molecule has 0 bridgehead atoms. The fraction of sp³-hybridized carbons (Fsp3) is 0.373. The Kier molecular flexibility index (Phi) is 26.1. The Morgan fingerprint density at radius 2 is 0.653 bits per heavy atom. The summed E-state index contributed by atoms with van der Waals surface area (Å²) in [5.41, 5.74) is 4.09. The normalized spacial score (nSPS) is 13.7. The summed E-state index contributed by atoms with van der Waals surface area (Å²) in [4.78, 5) is 133. The molecule has 11 aromatic rings. The van der Waals surface area contributed by atoms with Crippen LogP contribution in [0.25, 0.3) is 43.1 Å². The van der Waals surface area contributed by atoms with E-state index in [1.54, 1.807) is 70.8 Å². The first kappa shape index (κ1) is 90.2. The summed E-state index contributed by atoms with van der Waals surface area (Å²) in [6, 6.07) is 37.5. The average molecular weight is 1710 g/mol. The molecule has 2 aliphatic heterocycles. The molecule has 13 rings (SSSR count). The lowest BCUT2D eigenvalue weighted by Gasteiger charge is -2.38. The van der Waals surface area contributed by atoms with Crippen LogP contribution in [-0.4, -0.2) is 109 Å². The van der Waals surface area contributed by atoms with E-state index in [-0.39, 0.29) is 185 Å². The third-order valence-electron chi connectivity index (χ3n) is 22.5. The van der Waals surface area contributed by atoms with Crippen LogP contribution in [0.1, 0.15) is 228 Å². The Morgan fingerprint density at radius 3 is 0.879 bits per heavy atom. The number of nitrogens with zero attached hydrogens (tertiary/aromatic N) is 4. The van der Waals surface area contributed by atoms with Crippen molar-refractivity contribution >= 4 is 134 Å². The fourth-order valence-electron chi connectivity index (χ4n) is 16.0. The number of hydrogen-bond acceptors (Lipinski definition) is 16. The van der Waals surface area contributed by atoms with E-state index in [2.05, 4.69) is 107 Å². The number of amides is 8. The van der Waals surface area contributed by atoms with E-state index in [1.807, 2.05) is 139 Å². The summed E-state index contributed by atoms with van der Waals surface area (Å²) in [6.45, 7) is 49.1. The molecule has 2 atom stereocenters. The number of imide groups is 2. The van der Waals surface area contributed by atoms with Gasteiger partial charge in [-0.15, -0.1) is 22.7 Å². The predicted molar refractivity (Wildman–Crippen MR) is 498 cm³/mol. The lowest BCUT2D eigenvalue weighted by molar-refractivity contribution is -0.123. The third kappa shape index (κ3) is 18.6. The van der Waals surface area contributed by atoms with Gasteiger partial charge in [-0.2, -0.15) is 0 Å². The summed E-state index contributed by atoms with van der Waals surface area (Å²) in [7, 11) is 0. The Labute approximate surface area is 735 Å². The molecule has 8 amide bonds. The number of hydrogen-bond donors (Lipinski definition) is 2. The van der Waals surface area contributed by atoms with Gasteiger partial charge in [0.25, 0.3) is 47.3 Å². The van der Waals surface area contributed by atoms with Crippen LogP contribution in [0.2, 0.25) is 0 Å². The number of nitrogens with one attached hydrogen (secondary N) is 2. The van der Waals surface area contributed by atoms with E-state index < -0.39 is 59.3 Å².